The van der Waals surface area contributed by atoms with E-state index in [1.54, 1.807) is 0 Å². The molecular weight excluding hydrogens is 498 g/mol. The van der Waals surface area contributed by atoms with Gasteiger partial charge in [0.25, 0.3) is 0 Å². The molecule has 41 heavy (non-hydrogen) atoms. The zero-order chi connectivity index (χ0) is 30.1. The first-order valence-electron chi connectivity index (χ1n) is 14.6. The minimum absolute atomic E-state index is 0.466. The van der Waals surface area contributed by atoms with Crippen LogP contribution in [0.5, 0.6) is 0 Å². The van der Waals surface area contributed by atoms with Gasteiger partial charge in [-0.15, -0.1) is 0 Å². The molecule has 0 fully saturated rings. The monoisotopic (exact) mass is 545 g/mol. The van der Waals surface area contributed by atoms with E-state index in [1.165, 1.54) is 23.1 Å². The van der Waals surface area contributed by atoms with Crippen molar-refractivity contribution in [3.05, 3.63) is 156 Å². The van der Waals surface area contributed by atoms with Gasteiger partial charge in [-0.1, -0.05) is 131 Å². The predicted octanol–water partition coefficient (Wildman–Crippen LogP) is 9.59. The van der Waals surface area contributed by atoms with Crippen LogP contribution in [-0.2, 0) is 18.4 Å². The summed E-state index contributed by atoms with van der Waals surface area (Å²) in [4.78, 5) is 8.64. The van der Waals surface area contributed by atoms with E-state index < -0.39 is 5.54 Å². The lowest BCUT2D eigenvalue weighted by molar-refractivity contribution is 0.653. The maximum atomic E-state index is 5.95. The Morgan fingerprint density at radius 2 is 1.24 bits per heavy atom. The quantitative estimate of drug-likeness (QED) is 0.271. The second-order valence-electron chi connectivity index (χ2n) is 10.1. The van der Waals surface area contributed by atoms with E-state index in [0.29, 0.717) is 5.84 Å². The third-order valence-corrected chi connectivity index (χ3v) is 6.60. The van der Waals surface area contributed by atoms with Gasteiger partial charge in [-0.2, -0.15) is 0 Å². The molecule has 3 aromatic carbocycles. The molecule has 0 saturated heterocycles. The van der Waals surface area contributed by atoms with Gasteiger partial charge in [0.15, 0.2) is 0 Å². The molecule has 0 amide bonds. The van der Waals surface area contributed by atoms with Crippen molar-refractivity contribution >= 4 is 11.4 Å². The average Bonchev–Trinajstić information content (AvgIpc) is 3.33. The lowest BCUT2D eigenvalue weighted by atomic mass is 9.79. The Hall–Kier alpha value is -4.24. The molecule has 1 aliphatic rings. The van der Waals surface area contributed by atoms with E-state index in [2.05, 4.69) is 94.7 Å². The minimum Gasteiger partial charge on any atom is -0.384 e. The highest BCUT2D eigenvalue weighted by atomic mass is 15.0. The van der Waals surface area contributed by atoms with Crippen molar-refractivity contribution in [3.8, 4) is 0 Å². The van der Waals surface area contributed by atoms with Crippen LogP contribution in [0.1, 0.15) is 75.8 Å². The number of pyridine rings is 1. The Balaban J connectivity index is 0.000000226. The van der Waals surface area contributed by atoms with Crippen LogP contribution < -0.4 is 5.73 Å². The highest BCUT2D eigenvalue weighted by Crippen LogP contribution is 2.42. The van der Waals surface area contributed by atoms with Gasteiger partial charge in [-0.05, 0) is 78.3 Å². The number of nitrogens with two attached hydrogens (primary N) is 1. The lowest BCUT2D eigenvalue weighted by Crippen LogP contribution is -2.25. The van der Waals surface area contributed by atoms with Crippen LogP contribution in [0.3, 0.4) is 0 Å². The topological polar surface area (TPSA) is 51.3 Å². The fourth-order valence-corrected chi connectivity index (χ4v) is 4.43. The fraction of sp³-hybridized carbons (Fsp3) is 0.263. The Kier molecular flexibility index (Phi) is 14.0. The van der Waals surface area contributed by atoms with Crippen LogP contribution in [0, 0.1) is 0 Å². The van der Waals surface area contributed by atoms with Gasteiger partial charge in [-0.25, -0.2) is 4.99 Å². The molecule has 1 aromatic heterocycles. The summed E-state index contributed by atoms with van der Waals surface area (Å²) in [6, 6.07) is 33.2. The van der Waals surface area contributed by atoms with Crippen molar-refractivity contribution in [1.82, 2.24) is 4.98 Å². The Bertz CT molecular complexity index is 1330. The molecule has 0 spiro atoms. The standard InChI is InChI=1S/C17H16N2.C11H14.C7H9N.C3H8/c1-13-12-16(18)19-17(13,14-8-4-2-5-9-14)15-10-6-3-7-11-15;1-4-10-6-5-7-11(8-10)9(2)3;1-2-7-3-5-8-6-4-7;1-3-2/h2-12H,1H3,(H2,18,19);5-8H,2,4H2,1,3H3;3-6H,2H2,1H3;3H2,1-2H3. The SMILES string of the molecule is C=C(C)c1cccc(CC)c1.CC1=CC(N)=NC1(c1ccccc1)c1ccccc1.CCC.CCc1ccncc1. The molecule has 4 aromatic rings. The van der Waals surface area contributed by atoms with Crippen LogP contribution in [0.15, 0.2) is 133 Å². The van der Waals surface area contributed by atoms with Crippen LogP contribution in [0.25, 0.3) is 5.57 Å². The second-order valence-corrected chi connectivity index (χ2v) is 10.1. The summed E-state index contributed by atoms with van der Waals surface area (Å²) < 4.78 is 0. The number of hydrogen-bond acceptors (Lipinski definition) is 3. The van der Waals surface area contributed by atoms with Crippen LogP contribution in [0.4, 0.5) is 0 Å². The number of amidine groups is 1. The fourth-order valence-electron chi connectivity index (χ4n) is 4.43. The molecule has 0 aliphatic carbocycles. The average molecular weight is 546 g/mol. The van der Waals surface area contributed by atoms with Crippen molar-refractivity contribution in [2.24, 2.45) is 10.7 Å². The zero-order valence-electron chi connectivity index (χ0n) is 25.8. The first-order chi connectivity index (χ1) is 19.8. The summed E-state index contributed by atoms with van der Waals surface area (Å²) in [5, 5.41) is 0. The van der Waals surface area contributed by atoms with Gasteiger partial charge in [-0.3, -0.25) is 4.98 Å². The van der Waals surface area contributed by atoms with Gasteiger partial charge in [0.2, 0.25) is 0 Å². The first-order valence-corrected chi connectivity index (χ1v) is 14.6. The van der Waals surface area contributed by atoms with E-state index >= 15 is 0 Å². The van der Waals surface area contributed by atoms with Gasteiger partial charge >= 0.3 is 0 Å². The highest BCUT2D eigenvalue weighted by Gasteiger charge is 2.38. The molecular formula is C38H47N3. The predicted molar refractivity (Wildman–Crippen MR) is 179 cm³/mol. The number of benzene rings is 3. The molecule has 5 rings (SSSR count). The van der Waals surface area contributed by atoms with E-state index in [-0.39, 0.29) is 0 Å². The first kappa shape index (κ1) is 33.0. The smallest absolute Gasteiger partial charge is 0.134 e. The Morgan fingerprint density at radius 1 is 0.732 bits per heavy atom. The number of hydrogen-bond donors (Lipinski definition) is 1. The third kappa shape index (κ3) is 9.72. The summed E-state index contributed by atoms with van der Waals surface area (Å²) >= 11 is 0. The molecule has 0 atom stereocenters. The van der Waals surface area contributed by atoms with Gasteiger partial charge in [0.1, 0.15) is 11.4 Å². The maximum Gasteiger partial charge on any atom is 0.134 e. The number of nitrogens with zero attached hydrogens (tertiary/aromatic N) is 2. The summed E-state index contributed by atoms with van der Waals surface area (Å²) in [7, 11) is 0. The number of aliphatic imine (C=N–C) groups is 1. The molecule has 2 heterocycles. The van der Waals surface area contributed by atoms with E-state index in [1.807, 2.05) is 73.9 Å². The minimum atomic E-state index is -0.466. The molecule has 0 bridgehead atoms. The Labute approximate surface area is 248 Å². The highest BCUT2D eigenvalue weighted by molar-refractivity contribution is 5.96. The number of aryl methyl sites for hydroxylation is 2. The summed E-state index contributed by atoms with van der Waals surface area (Å²) in [6.45, 7) is 16.6. The summed E-state index contributed by atoms with van der Waals surface area (Å²) in [5.41, 5.74) is 14.1. The van der Waals surface area contributed by atoms with Crippen LogP contribution >= 0.6 is 0 Å². The van der Waals surface area contributed by atoms with Crippen molar-refractivity contribution in [3.63, 3.8) is 0 Å². The second kappa shape index (κ2) is 17.5. The van der Waals surface area contributed by atoms with Gasteiger partial charge < -0.3 is 5.73 Å². The number of rotatable bonds is 5. The maximum absolute atomic E-state index is 5.95. The van der Waals surface area contributed by atoms with E-state index in [9.17, 15) is 0 Å². The molecule has 0 unspecified atom stereocenters. The van der Waals surface area contributed by atoms with Crippen molar-refractivity contribution in [2.75, 3.05) is 0 Å². The normalized spacial score (nSPS) is 12.6. The van der Waals surface area contributed by atoms with Gasteiger partial charge in [0.05, 0.1) is 0 Å². The Morgan fingerprint density at radius 3 is 1.63 bits per heavy atom. The lowest BCUT2D eigenvalue weighted by Gasteiger charge is -2.29. The number of allylic oxidation sites excluding steroid dienone is 1. The van der Waals surface area contributed by atoms with Crippen LogP contribution in [0.2, 0.25) is 0 Å². The summed E-state index contributed by atoms with van der Waals surface area (Å²) in [5.74, 6) is 0.588. The molecule has 3 nitrogen and oxygen atoms in total. The summed E-state index contributed by atoms with van der Waals surface area (Å²) in [6.07, 6.45) is 9.04. The number of aromatic nitrogens is 1. The third-order valence-electron chi connectivity index (χ3n) is 6.60. The largest absolute Gasteiger partial charge is 0.384 e. The molecule has 214 valence electrons. The van der Waals surface area contributed by atoms with Crippen molar-refractivity contribution < 1.29 is 0 Å². The molecule has 2 N–H and O–H groups in total. The van der Waals surface area contributed by atoms with Gasteiger partial charge in [0, 0.05) is 12.4 Å². The molecule has 0 saturated carbocycles. The van der Waals surface area contributed by atoms with E-state index in [4.69, 9.17) is 10.7 Å². The zero-order valence-corrected chi connectivity index (χ0v) is 25.8. The van der Waals surface area contributed by atoms with Crippen molar-refractivity contribution in [2.45, 2.75) is 66.3 Å². The van der Waals surface area contributed by atoms with Crippen LogP contribution in [-0.4, -0.2) is 10.8 Å². The van der Waals surface area contributed by atoms with Crippen molar-refractivity contribution in [1.29, 1.82) is 0 Å². The molecule has 3 heteroatoms. The van der Waals surface area contributed by atoms with E-state index in [0.717, 1.165) is 35.1 Å². The molecule has 0 radical (unpaired) electrons. The molecule has 1 aliphatic heterocycles.